The van der Waals surface area contributed by atoms with Crippen LogP contribution in [0.4, 0.5) is 9.18 Å². The molecule has 0 aromatic heterocycles. The highest BCUT2D eigenvalue weighted by molar-refractivity contribution is 6.31. The van der Waals surface area contributed by atoms with Crippen molar-refractivity contribution >= 4 is 23.7 Å². The van der Waals surface area contributed by atoms with Crippen LogP contribution in [0.25, 0.3) is 0 Å². The first kappa shape index (κ1) is 21.4. The molecule has 1 aliphatic rings. The average molecular weight is 401 g/mol. The molecule has 150 valence electrons. The Bertz CT molecular complexity index is 682. The molecule has 1 heterocycles. The van der Waals surface area contributed by atoms with Crippen molar-refractivity contribution in [2.75, 3.05) is 19.7 Å². The lowest BCUT2D eigenvalue weighted by molar-refractivity contribution is 0.0501. The van der Waals surface area contributed by atoms with Crippen molar-refractivity contribution in [3.05, 3.63) is 34.1 Å². The number of amides is 1. The van der Waals surface area contributed by atoms with Gasteiger partial charge in [-0.1, -0.05) is 11.6 Å². The number of hydrogen-bond donors (Lipinski definition) is 1. The molecule has 8 heteroatoms. The fourth-order valence-corrected chi connectivity index (χ4v) is 3.15. The number of carbonyl (C=O) groups is 2. The van der Waals surface area contributed by atoms with Gasteiger partial charge in [0.1, 0.15) is 11.4 Å². The van der Waals surface area contributed by atoms with E-state index in [1.807, 2.05) is 4.90 Å². The van der Waals surface area contributed by atoms with Crippen LogP contribution in [-0.4, -0.2) is 48.3 Å². The van der Waals surface area contributed by atoms with Crippen molar-refractivity contribution in [2.24, 2.45) is 0 Å². The summed E-state index contributed by atoms with van der Waals surface area (Å²) < 4.78 is 24.6. The van der Waals surface area contributed by atoms with Gasteiger partial charge in [0.25, 0.3) is 0 Å². The zero-order chi connectivity index (χ0) is 20.2. The Hall–Kier alpha value is -1.86. The molecule has 0 spiro atoms. The quantitative estimate of drug-likeness (QED) is 0.762. The van der Waals surface area contributed by atoms with Crippen molar-refractivity contribution in [3.63, 3.8) is 0 Å². The van der Waals surface area contributed by atoms with E-state index in [1.165, 1.54) is 6.07 Å². The number of esters is 1. The lowest BCUT2D eigenvalue weighted by Gasteiger charge is -2.22. The lowest BCUT2D eigenvalue weighted by Crippen LogP contribution is -2.40. The van der Waals surface area contributed by atoms with Gasteiger partial charge in [0.05, 0.1) is 12.2 Å². The highest BCUT2D eigenvalue weighted by atomic mass is 35.5. The molecule has 0 unspecified atom stereocenters. The lowest BCUT2D eigenvalue weighted by atomic mass is 10.1. The van der Waals surface area contributed by atoms with Crippen molar-refractivity contribution < 1.29 is 23.5 Å². The van der Waals surface area contributed by atoms with Crippen molar-refractivity contribution in [2.45, 2.75) is 52.3 Å². The minimum atomic E-state index is -0.604. The summed E-state index contributed by atoms with van der Waals surface area (Å²) in [6, 6.07) is 2.50. The van der Waals surface area contributed by atoms with Gasteiger partial charge < -0.3 is 14.8 Å². The van der Waals surface area contributed by atoms with Gasteiger partial charge in [-0.2, -0.15) is 0 Å². The maximum Gasteiger partial charge on any atom is 0.407 e. The van der Waals surface area contributed by atoms with Crippen molar-refractivity contribution in [1.29, 1.82) is 0 Å². The molecule has 1 aromatic rings. The van der Waals surface area contributed by atoms with Gasteiger partial charge in [-0.05, 0) is 46.2 Å². The zero-order valence-corrected chi connectivity index (χ0v) is 16.9. The predicted molar refractivity (Wildman–Crippen MR) is 100 cm³/mol. The molecule has 1 fully saturated rings. The highest BCUT2D eigenvalue weighted by Gasteiger charge is 2.27. The van der Waals surface area contributed by atoms with Crippen LogP contribution in [0.1, 0.15) is 50.0 Å². The first-order valence-corrected chi connectivity index (χ1v) is 9.33. The molecular formula is C19H26ClFN2O4. The van der Waals surface area contributed by atoms with E-state index < -0.39 is 23.5 Å². The molecule has 2 rings (SSSR count). The van der Waals surface area contributed by atoms with Crippen LogP contribution in [0.2, 0.25) is 5.02 Å². The number of ether oxygens (including phenoxy) is 2. The van der Waals surface area contributed by atoms with Crippen molar-refractivity contribution in [1.82, 2.24) is 10.2 Å². The predicted octanol–water partition coefficient (Wildman–Crippen LogP) is 3.75. The summed E-state index contributed by atoms with van der Waals surface area (Å²) in [5.74, 6) is -1.15. The second kappa shape index (κ2) is 8.89. The van der Waals surface area contributed by atoms with Gasteiger partial charge in [0, 0.05) is 36.3 Å². The largest absolute Gasteiger partial charge is 0.462 e. The van der Waals surface area contributed by atoms with E-state index in [1.54, 1.807) is 27.7 Å². The Morgan fingerprint density at radius 2 is 2.07 bits per heavy atom. The number of alkyl carbamates (subject to hydrolysis) is 1. The summed E-state index contributed by atoms with van der Waals surface area (Å²) in [5, 5.41) is 3.01. The smallest absolute Gasteiger partial charge is 0.407 e. The third kappa shape index (κ3) is 6.36. The van der Waals surface area contributed by atoms with Gasteiger partial charge in [0.15, 0.2) is 0 Å². The Labute approximate surface area is 163 Å². The number of nitrogens with zero attached hydrogens (tertiary/aromatic N) is 1. The van der Waals surface area contributed by atoms with Crippen LogP contribution in [0.15, 0.2) is 12.1 Å². The molecule has 1 saturated heterocycles. The van der Waals surface area contributed by atoms with Gasteiger partial charge >= 0.3 is 12.1 Å². The first-order chi connectivity index (χ1) is 12.6. The molecule has 1 amide bonds. The molecule has 1 atom stereocenters. The molecular weight excluding hydrogens is 375 g/mol. The molecule has 27 heavy (non-hydrogen) atoms. The topological polar surface area (TPSA) is 67.9 Å². The number of hydrogen-bond acceptors (Lipinski definition) is 5. The van der Waals surface area contributed by atoms with Crippen LogP contribution in [-0.2, 0) is 16.0 Å². The Kier molecular flexibility index (Phi) is 7.06. The summed E-state index contributed by atoms with van der Waals surface area (Å²) in [6.45, 7) is 8.85. The fraction of sp³-hybridized carbons (Fsp3) is 0.579. The average Bonchev–Trinajstić information content (AvgIpc) is 2.96. The monoisotopic (exact) mass is 400 g/mol. The van der Waals surface area contributed by atoms with E-state index in [9.17, 15) is 14.0 Å². The van der Waals surface area contributed by atoms with Crippen LogP contribution in [0.5, 0.6) is 0 Å². The summed E-state index contributed by atoms with van der Waals surface area (Å²) in [4.78, 5) is 25.6. The Morgan fingerprint density at radius 3 is 2.67 bits per heavy atom. The molecule has 6 nitrogen and oxygen atoms in total. The van der Waals surface area contributed by atoms with Gasteiger partial charge in [0.2, 0.25) is 0 Å². The van der Waals surface area contributed by atoms with E-state index in [0.29, 0.717) is 25.2 Å². The van der Waals surface area contributed by atoms with E-state index in [0.717, 1.165) is 12.5 Å². The second-order valence-electron chi connectivity index (χ2n) is 7.51. The molecule has 1 aliphatic heterocycles. The highest BCUT2D eigenvalue weighted by Crippen LogP contribution is 2.25. The summed E-state index contributed by atoms with van der Waals surface area (Å²) in [7, 11) is 0. The van der Waals surface area contributed by atoms with E-state index >= 15 is 0 Å². The maximum absolute atomic E-state index is 14.4. The van der Waals surface area contributed by atoms with Gasteiger partial charge in [-0.3, -0.25) is 4.90 Å². The number of carbonyl (C=O) groups excluding carboxylic acids is 2. The normalized spacial score (nSPS) is 17.6. The summed E-state index contributed by atoms with van der Waals surface area (Å²) in [5.41, 5.74) is -0.142. The van der Waals surface area contributed by atoms with Crippen LogP contribution < -0.4 is 5.32 Å². The Morgan fingerprint density at radius 1 is 1.37 bits per heavy atom. The number of halogens is 2. The molecule has 0 bridgehead atoms. The SMILES string of the molecule is CCOC(=O)c1cc(F)c(CN2CC[C@@H](NC(=O)OC(C)(C)C)C2)c(Cl)c1. The molecule has 0 radical (unpaired) electrons. The third-order valence-corrected chi connectivity index (χ3v) is 4.36. The van der Waals surface area contributed by atoms with Gasteiger partial charge in [-0.15, -0.1) is 0 Å². The summed E-state index contributed by atoms with van der Waals surface area (Å²) >= 11 is 6.19. The number of likely N-dealkylation sites (tertiary alicyclic amines) is 1. The minimum Gasteiger partial charge on any atom is -0.462 e. The first-order valence-electron chi connectivity index (χ1n) is 8.96. The minimum absolute atomic E-state index is 0.0690. The summed E-state index contributed by atoms with van der Waals surface area (Å²) in [6.07, 6.45) is 0.275. The van der Waals surface area contributed by atoms with E-state index in [2.05, 4.69) is 5.32 Å². The number of nitrogens with one attached hydrogen (secondary N) is 1. The maximum atomic E-state index is 14.4. The van der Waals surface area contributed by atoms with E-state index in [-0.39, 0.29) is 23.2 Å². The second-order valence-corrected chi connectivity index (χ2v) is 7.91. The van der Waals surface area contributed by atoms with Gasteiger partial charge in [-0.25, -0.2) is 14.0 Å². The van der Waals surface area contributed by atoms with Crippen LogP contribution >= 0.6 is 11.6 Å². The standard InChI is InChI=1S/C19H26ClFN2O4/c1-5-26-17(24)12-8-15(20)14(16(21)9-12)11-23-7-6-13(10-23)22-18(25)27-19(2,3)4/h8-9,13H,5-7,10-11H2,1-4H3,(H,22,25)/t13-/m1/s1. The molecule has 1 aromatic carbocycles. The number of benzene rings is 1. The van der Waals surface area contributed by atoms with Crippen molar-refractivity contribution in [3.8, 4) is 0 Å². The van der Waals surface area contributed by atoms with Crippen LogP contribution in [0.3, 0.4) is 0 Å². The zero-order valence-electron chi connectivity index (χ0n) is 16.1. The van der Waals surface area contributed by atoms with E-state index in [4.69, 9.17) is 21.1 Å². The third-order valence-electron chi connectivity index (χ3n) is 4.03. The number of rotatable bonds is 5. The molecule has 1 N–H and O–H groups in total. The van der Waals surface area contributed by atoms with Crippen LogP contribution in [0, 0.1) is 5.82 Å². The molecule has 0 saturated carbocycles. The Balaban J connectivity index is 1.96. The molecule has 0 aliphatic carbocycles. The fourth-order valence-electron chi connectivity index (χ4n) is 2.88.